The molecule has 0 saturated carbocycles. The fourth-order valence-electron chi connectivity index (χ4n) is 3.24. The molecule has 164 valence electrons. The van der Waals surface area contributed by atoms with E-state index >= 15 is 0 Å². The summed E-state index contributed by atoms with van der Waals surface area (Å²) in [5.74, 6) is -0.621. The number of nitrogens with one attached hydrogen (secondary N) is 2. The van der Waals surface area contributed by atoms with Crippen LogP contribution in [0.5, 0.6) is 0 Å². The smallest absolute Gasteiger partial charge is 0.281 e. The van der Waals surface area contributed by atoms with Gasteiger partial charge in [0.25, 0.3) is 16.1 Å². The molecule has 0 unspecified atom stereocenters. The first-order chi connectivity index (χ1) is 14.8. The lowest BCUT2D eigenvalue weighted by molar-refractivity contribution is -0.124. The van der Waals surface area contributed by atoms with Crippen LogP contribution in [0.4, 0.5) is 0 Å². The van der Waals surface area contributed by atoms with Crippen molar-refractivity contribution >= 4 is 33.1 Å². The molecule has 9 heteroatoms. The van der Waals surface area contributed by atoms with E-state index in [2.05, 4.69) is 4.98 Å². The summed E-state index contributed by atoms with van der Waals surface area (Å²) < 4.78 is 28.5. The largest absolute Gasteiger partial charge is 0.361 e. The minimum atomic E-state index is -3.62. The Balaban J connectivity index is 1.76. The van der Waals surface area contributed by atoms with Gasteiger partial charge in [0.15, 0.2) is 0 Å². The Morgan fingerprint density at radius 1 is 1.13 bits per heavy atom. The van der Waals surface area contributed by atoms with Crippen LogP contribution in [0.2, 0.25) is 0 Å². The van der Waals surface area contributed by atoms with E-state index in [1.54, 1.807) is 18.2 Å². The highest BCUT2D eigenvalue weighted by Crippen LogP contribution is 2.20. The van der Waals surface area contributed by atoms with Crippen LogP contribution in [-0.4, -0.2) is 53.8 Å². The highest BCUT2D eigenvalue weighted by atomic mass is 32.2. The number of carbonyl (C=O) groups excluding carboxylic acids is 1. The normalized spacial score (nSPS) is 12.3. The number of hydrogen-bond donors (Lipinski definition) is 3. The van der Waals surface area contributed by atoms with Gasteiger partial charge in [0.2, 0.25) is 0 Å². The number of fused-ring (bicyclic) bond motifs is 1. The van der Waals surface area contributed by atoms with Crippen LogP contribution in [0.3, 0.4) is 0 Å². The molecule has 0 fully saturated rings. The molecule has 0 spiro atoms. The van der Waals surface area contributed by atoms with E-state index in [1.807, 2.05) is 42.6 Å². The van der Waals surface area contributed by atoms with Crippen LogP contribution in [0.25, 0.3) is 17.0 Å². The molecule has 1 amide bonds. The second-order valence-corrected chi connectivity index (χ2v) is 9.43. The molecule has 1 heterocycles. The molecule has 0 saturated heterocycles. The number of nitrogens with zero attached hydrogens (tertiary/aromatic N) is 2. The zero-order valence-electron chi connectivity index (χ0n) is 17.4. The van der Waals surface area contributed by atoms with Crippen molar-refractivity contribution in [2.24, 2.45) is 0 Å². The maximum Gasteiger partial charge on any atom is 0.281 e. The van der Waals surface area contributed by atoms with Gasteiger partial charge in [0.05, 0.1) is 0 Å². The predicted molar refractivity (Wildman–Crippen MR) is 120 cm³/mol. The quantitative estimate of drug-likeness (QED) is 0.269. The van der Waals surface area contributed by atoms with Gasteiger partial charge in [-0.3, -0.25) is 10.0 Å². The van der Waals surface area contributed by atoms with Gasteiger partial charge in [-0.25, -0.2) is 5.48 Å². The van der Waals surface area contributed by atoms with Crippen molar-refractivity contribution in [2.45, 2.75) is 13.0 Å². The number of H-pyrrole nitrogens is 1. The van der Waals surface area contributed by atoms with Crippen LogP contribution in [0.15, 0.2) is 60.8 Å². The molecule has 31 heavy (non-hydrogen) atoms. The summed E-state index contributed by atoms with van der Waals surface area (Å²) >= 11 is 0. The lowest BCUT2D eigenvalue weighted by atomic mass is 10.1. The first-order valence-corrected chi connectivity index (χ1v) is 11.1. The average molecular weight is 443 g/mol. The Kier molecular flexibility index (Phi) is 7.24. The standard InChI is InChI=1S/C22H26N4O4S/c1-25(2)31(29,30)26(14-13-19-15-23-21-6-4-3-5-20(19)21)16-18-9-7-17(8-10-18)11-12-22(27)24-28/h3-12,15,23,28H,13-14,16H2,1-2H3,(H,24,27). The number of rotatable bonds is 9. The van der Waals surface area contributed by atoms with E-state index in [4.69, 9.17) is 5.21 Å². The highest BCUT2D eigenvalue weighted by Gasteiger charge is 2.24. The fraction of sp³-hybridized carbons (Fsp3) is 0.227. The molecule has 0 radical (unpaired) electrons. The van der Waals surface area contributed by atoms with Crippen molar-refractivity contribution < 1.29 is 18.4 Å². The molecular weight excluding hydrogens is 416 g/mol. The SMILES string of the molecule is CN(C)S(=O)(=O)N(CCc1c[nH]c2ccccc12)Cc1ccc(C=CC(=O)NO)cc1. The van der Waals surface area contributed by atoms with Gasteiger partial charge in [0, 0.05) is 50.4 Å². The first-order valence-electron chi connectivity index (χ1n) is 9.75. The second kappa shape index (κ2) is 9.88. The van der Waals surface area contributed by atoms with Crippen molar-refractivity contribution in [1.82, 2.24) is 19.1 Å². The molecular formula is C22H26N4O4S. The zero-order valence-corrected chi connectivity index (χ0v) is 18.3. The number of aromatic nitrogens is 1. The third-order valence-corrected chi connectivity index (χ3v) is 6.86. The Hall–Kier alpha value is -2.98. The summed E-state index contributed by atoms with van der Waals surface area (Å²) in [7, 11) is -0.573. The number of amides is 1. The Bertz CT molecular complexity index is 1170. The number of hydroxylamine groups is 1. The summed E-state index contributed by atoms with van der Waals surface area (Å²) in [5.41, 5.74) is 5.21. The summed E-state index contributed by atoms with van der Waals surface area (Å²) in [5, 5.41) is 9.63. The molecule has 1 aromatic heterocycles. The third-order valence-electron chi connectivity index (χ3n) is 4.97. The fourth-order valence-corrected chi connectivity index (χ4v) is 4.33. The van der Waals surface area contributed by atoms with Crippen LogP contribution in [0.1, 0.15) is 16.7 Å². The molecule has 0 atom stereocenters. The van der Waals surface area contributed by atoms with E-state index in [1.165, 1.54) is 34.3 Å². The van der Waals surface area contributed by atoms with Crippen LogP contribution in [-0.2, 0) is 28.0 Å². The van der Waals surface area contributed by atoms with Gasteiger partial charge in [-0.15, -0.1) is 0 Å². The molecule has 0 aliphatic carbocycles. The molecule has 0 aliphatic rings. The number of para-hydroxylation sites is 1. The lowest BCUT2D eigenvalue weighted by Crippen LogP contribution is -2.40. The van der Waals surface area contributed by atoms with E-state index < -0.39 is 16.1 Å². The summed E-state index contributed by atoms with van der Waals surface area (Å²) in [6.45, 7) is 0.560. The zero-order chi connectivity index (χ0) is 22.4. The van der Waals surface area contributed by atoms with E-state index in [0.29, 0.717) is 13.0 Å². The molecule has 8 nitrogen and oxygen atoms in total. The number of hydrogen-bond acceptors (Lipinski definition) is 4. The maximum atomic E-state index is 12.9. The van der Waals surface area contributed by atoms with Gasteiger partial charge in [-0.2, -0.15) is 17.0 Å². The van der Waals surface area contributed by atoms with Crippen molar-refractivity contribution in [3.05, 3.63) is 77.5 Å². The van der Waals surface area contributed by atoms with Gasteiger partial charge >= 0.3 is 0 Å². The molecule has 3 N–H and O–H groups in total. The van der Waals surface area contributed by atoms with Crippen molar-refractivity contribution in [3.8, 4) is 0 Å². The summed E-state index contributed by atoms with van der Waals surface area (Å²) in [6, 6.07) is 15.2. The molecule has 0 bridgehead atoms. The molecule has 3 aromatic rings. The van der Waals surface area contributed by atoms with Crippen molar-refractivity contribution in [3.63, 3.8) is 0 Å². The Morgan fingerprint density at radius 3 is 2.52 bits per heavy atom. The topological polar surface area (TPSA) is 106 Å². The third kappa shape index (κ3) is 5.59. The summed E-state index contributed by atoms with van der Waals surface area (Å²) in [6.07, 6.45) is 5.27. The van der Waals surface area contributed by atoms with Gasteiger partial charge < -0.3 is 4.98 Å². The minimum Gasteiger partial charge on any atom is -0.361 e. The predicted octanol–water partition coefficient (Wildman–Crippen LogP) is 2.54. The van der Waals surface area contributed by atoms with Crippen molar-refractivity contribution in [1.29, 1.82) is 0 Å². The second-order valence-electron chi connectivity index (χ2n) is 7.28. The van der Waals surface area contributed by atoms with Crippen molar-refractivity contribution in [2.75, 3.05) is 20.6 Å². The number of aromatic amines is 1. The van der Waals surface area contributed by atoms with E-state index in [0.717, 1.165) is 27.6 Å². The van der Waals surface area contributed by atoms with E-state index in [-0.39, 0.29) is 6.54 Å². The Labute approximate surface area is 181 Å². The van der Waals surface area contributed by atoms with Crippen LogP contribution >= 0.6 is 0 Å². The van der Waals surface area contributed by atoms with Crippen LogP contribution < -0.4 is 5.48 Å². The van der Waals surface area contributed by atoms with E-state index in [9.17, 15) is 13.2 Å². The number of carbonyl (C=O) groups is 1. The lowest BCUT2D eigenvalue weighted by Gasteiger charge is -2.25. The monoisotopic (exact) mass is 442 g/mol. The molecule has 2 aromatic carbocycles. The first kappa shape index (κ1) is 22.7. The number of benzene rings is 2. The molecule has 0 aliphatic heterocycles. The minimum absolute atomic E-state index is 0.226. The Morgan fingerprint density at radius 2 is 1.84 bits per heavy atom. The summed E-state index contributed by atoms with van der Waals surface area (Å²) in [4.78, 5) is 14.3. The van der Waals surface area contributed by atoms with Gasteiger partial charge in [0.1, 0.15) is 0 Å². The van der Waals surface area contributed by atoms with Crippen LogP contribution in [0, 0.1) is 0 Å². The van der Waals surface area contributed by atoms with Gasteiger partial charge in [-0.1, -0.05) is 42.5 Å². The van der Waals surface area contributed by atoms with Gasteiger partial charge in [-0.05, 0) is 35.3 Å². The molecule has 3 rings (SSSR count). The highest BCUT2D eigenvalue weighted by molar-refractivity contribution is 7.86. The average Bonchev–Trinajstić information content (AvgIpc) is 3.18. The maximum absolute atomic E-state index is 12.9.